The van der Waals surface area contributed by atoms with E-state index in [9.17, 15) is 9.59 Å². The molecule has 0 atom stereocenters. The topological polar surface area (TPSA) is 52.6 Å². The lowest BCUT2D eigenvalue weighted by atomic mass is 10.0. The van der Waals surface area contributed by atoms with Gasteiger partial charge in [-0.05, 0) is 37.3 Å². The summed E-state index contributed by atoms with van der Waals surface area (Å²) in [6.07, 6.45) is 11.6. The molecule has 152 valence electrons. The number of hydrogen-bond acceptors (Lipinski definition) is 4. The molecule has 1 rings (SSSR count). The molecule has 0 fully saturated rings. The zero-order valence-electron chi connectivity index (χ0n) is 17.4. The molecule has 0 saturated carbocycles. The second kappa shape index (κ2) is 14.2. The molecule has 0 aliphatic rings. The van der Waals surface area contributed by atoms with Crippen molar-refractivity contribution in [3.05, 3.63) is 23.8 Å². The molecule has 0 unspecified atom stereocenters. The highest BCUT2D eigenvalue weighted by molar-refractivity contribution is 5.76. The van der Waals surface area contributed by atoms with Gasteiger partial charge in [0, 0.05) is 12.8 Å². The molecule has 27 heavy (non-hydrogen) atoms. The largest absolute Gasteiger partial charge is 0.423 e. The number of aryl methyl sites for hydroxylation is 1. The van der Waals surface area contributed by atoms with Crippen LogP contribution in [0.1, 0.15) is 97.0 Å². The van der Waals surface area contributed by atoms with Crippen LogP contribution in [0.3, 0.4) is 0 Å². The summed E-state index contributed by atoms with van der Waals surface area (Å²) in [4.78, 5) is 24.0. The van der Waals surface area contributed by atoms with Crippen molar-refractivity contribution in [1.82, 2.24) is 0 Å². The van der Waals surface area contributed by atoms with E-state index < -0.39 is 0 Å². The monoisotopic (exact) mass is 376 g/mol. The van der Waals surface area contributed by atoms with Gasteiger partial charge in [0.1, 0.15) is 0 Å². The van der Waals surface area contributed by atoms with Gasteiger partial charge in [-0.15, -0.1) is 0 Å². The molecule has 0 spiro atoms. The number of benzene rings is 1. The van der Waals surface area contributed by atoms with Crippen LogP contribution in [0.15, 0.2) is 18.2 Å². The molecule has 0 heterocycles. The number of carbonyl (C=O) groups is 2. The second-order valence-electron chi connectivity index (χ2n) is 7.06. The molecule has 1 aromatic carbocycles. The molecule has 0 aliphatic heterocycles. The van der Waals surface area contributed by atoms with Gasteiger partial charge in [0.15, 0.2) is 11.5 Å². The highest BCUT2D eigenvalue weighted by Crippen LogP contribution is 2.33. The number of hydrogen-bond donors (Lipinski definition) is 0. The third-order valence-electron chi connectivity index (χ3n) is 4.46. The van der Waals surface area contributed by atoms with Crippen LogP contribution in [0.4, 0.5) is 0 Å². The van der Waals surface area contributed by atoms with Crippen molar-refractivity contribution in [3.63, 3.8) is 0 Å². The molecule has 0 amide bonds. The number of ether oxygens (including phenoxy) is 2. The van der Waals surface area contributed by atoms with Crippen LogP contribution in [0.25, 0.3) is 0 Å². The van der Waals surface area contributed by atoms with Crippen molar-refractivity contribution in [3.8, 4) is 11.5 Å². The Hall–Kier alpha value is -1.84. The maximum atomic E-state index is 12.0. The number of unbranched alkanes of at least 4 members (excludes halogenated alkanes) is 6. The number of rotatable bonds is 14. The Labute approximate surface area is 164 Å². The fraction of sp³-hybridized carbons (Fsp3) is 0.652. The molecular formula is C23H36O4. The van der Waals surface area contributed by atoms with Crippen LogP contribution < -0.4 is 9.47 Å². The maximum absolute atomic E-state index is 12.0. The minimum Gasteiger partial charge on any atom is -0.423 e. The number of para-hydroxylation sites is 1. The fourth-order valence-electron chi connectivity index (χ4n) is 2.97. The van der Waals surface area contributed by atoms with Crippen molar-refractivity contribution in [1.29, 1.82) is 0 Å². The van der Waals surface area contributed by atoms with E-state index in [0.29, 0.717) is 24.3 Å². The van der Waals surface area contributed by atoms with E-state index in [4.69, 9.17) is 9.47 Å². The quantitative estimate of drug-likeness (QED) is 0.214. The first-order valence-corrected chi connectivity index (χ1v) is 10.7. The molecule has 4 heteroatoms. The average Bonchev–Trinajstić information content (AvgIpc) is 2.63. The summed E-state index contributed by atoms with van der Waals surface area (Å²) in [6.45, 7) is 6.09. The summed E-state index contributed by atoms with van der Waals surface area (Å²) in [5.74, 6) is 0.209. The molecule has 0 radical (unpaired) electrons. The van der Waals surface area contributed by atoms with Crippen molar-refractivity contribution < 1.29 is 19.1 Å². The van der Waals surface area contributed by atoms with Gasteiger partial charge >= 0.3 is 11.9 Å². The van der Waals surface area contributed by atoms with E-state index in [1.165, 1.54) is 32.1 Å². The Kier molecular flexibility index (Phi) is 12.2. The Balaban J connectivity index is 2.75. The van der Waals surface area contributed by atoms with Gasteiger partial charge in [0.05, 0.1) is 0 Å². The van der Waals surface area contributed by atoms with Crippen molar-refractivity contribution in [2.24, 2.45) is 0 Å². The van der Waals surface area contributed by atoms with Crippen LogP contribution in [0.2, 0.25) is 0 Å². The first kappa shape index (κ1) is 23.2. The normalized spacial score (nSPS) is 10.6. The molecule has 0 aliphatic carbocycles. The van der Waals surface area contributed by atoms with Crippen LogP contribution in [0.5, 0.6) is 11.5 Å². The van der Waals surface area contributed by atoms with Gasteiger partial charge in [-0.25, -0.2) is 0 Å². The van der Waals surface area contributed by atoms with E-state index in [2.05, 4.69) is 6.92 Å². The van der Waals surface area contributed by atoms with Gasteiger partial charge in [-0.1, -0.05) is 71.4 Å². The molecule has 0 N–H and O–H groups in total. The summed E-state index contributed by atoms with van der Waals surface area (Å²) in [7, 11) is 0. The Morgan fingerprint density at radius 1 is 0.741 bits per heavy atom. The smallest absolute Gasteiger partial charge is 0.311 e. The van der Waals surface area contributed by atoms with E-state index >= 15 is 0 Å². The molecule has 0 aromatic heterocycles. The molecule has 1 aromatic rings. The predicted molar refractivity (Wildman–Crippen MR) is 109 cm³/mol. The highest BCUT2D eigenvalue weighted by Gasteiger charge is 2.17. The zero-order chi connectivity index (χ0) is 19.9. The lowest BCUT2D eigenvalue weighted by molar-refractivity contribution is -0.137. The standard InChI is InChI=1S/C23H36O4/c1-4-7-8-9-10-11-12-16-19-17-13-18-20(26-21(24)14-5-2)23(19)27-22(25)15-6-3/h13,17-18H,4-12,14-16H2,1-3H3. The summed E-state index contributed by atoms with van der Waals surface area (Å²) in [5, 5.41) is 0. The Morgan fingerprint density at radius 3 is 1.96 bits per heavy atom. The maximum Gasteiger partial charge on any atom is 0.311 e. The van der Waals surface area contributed by atoms with E-state index in [1.807, 2.05) is 26.0 Å². The SMILES string of the molecule is CCCCCCCCCc1cccc(OC(=O)CCC)c1OC(=O)CCC. The van der Waals surface area contributed by atoms with Crippen molar-refractivity contribution in [2.45, 2.75) is 97.8 Å². The summed E-state index contributed by atoms with van der Waals surface area (Å²) >= 11 is 0. The molecule has 0 bridgehead atoms. The minimum atomic E-state index is -0.293. The van der Waals surface area contributed by atoms with E-state index in [-0.39, 0.29) is 11.9 Å². The van der Waals surface area contributed by atoms with Crippen LogP contribution in [-0.4, -0.2) is 11.9 Å². The third kappa shape index (κ3) is 9.60. The Bertz CT molecular complexity index is 565. The van der Waals surface area contributed by atoms with Gasteiger partial charge in [0.25, 0.3) is 0 Å². The summed E-state index contributed by atoms with van der Waals surface area (Å²) in [6, 6.07) is 5.53. The zero-order valence-corrected chi connectivity index (χ0v) is 17.4. The minimum absolute atomic E-state index is 0.280. The van der Waals surface area contributed by atoms with Gasteiger partial charge in [-0.2, -0.15) is 0 Å². The number of carbonyl (C=O) groups excluding carboxylic acids is 2. The van der Waals surface area contributed by atoms with Gasteiger partial charge < -0.3 is 9.47 Å². The average molecular weight is 377 g/mol. The first-order valence-electron chi connectivity index (χ1n) is 10.7. The van der Waals surface area contributed by atoms with Crippen LogP contribution in [0, 0.1) is 0 Å². The summed E-state index contributed by atoms with van der Waals surface area (Å²) < 4.78 is 11.1. The lowest BCUT2D eigenvalue weighted by Gasteiger charge is -2.14. The fourth-order valence-corrected chi connectivity index (χ4v) is 2.97. The predicted octanol–water partition coefficient (Wildman–Crippen LogP) is 6.39. The van der Waals surface area contributed by atoms with Gasteiger partial charge in [-0.3, -0.25) is 9.59 Å². The van der Waals surface area contributed by atoms with Gasteiger partial charge in [0.2, 0.25) is 0 Å². The lowest BCUT2D eigenvalue weighted by Crippen LogP contribution is -2.13. The van der Waals surface area contributed by atoms with Crippen LogP contribution >= 0.6 is 0 Å². The van der Waals surface area contributed by atoms with E-state index in [1.54, 1.807) is 6.07 Å². The van der Waals surface area contributed by atoms with Crippen molar-refractivity contribution in [2.75, 3.05) is 0 Å². The second-order valence-corrected chi connectivity index (χ2v) is 7.06. The third-order valence-corrected chi connectivity index (χ3v) is 4.46. The highest BCUT2D eigenvalue weighted by atomic mass is 16.6. The molecular weight excluding hydrogens is 340 g/mol. The van der Waals surface area contributed by atoms with Crippen molar-refractivity contribution >= 4 is 11.9 Å². The van der Waals surface area contributed by atoms with Crippen LogP contribution in [-0.2, 0) is 16.0 Å². The first-order chi connectivity index (χ1) is 13.1. The number of esters is 2. The van der Waals surface area contributed by atoms with E-state index in [0.717, 1.165) is 37.7 Å². The molecule has 4 nitrogen and oxygen atoms in total. The Morgan fingerprint density at radius 2 is 1.33 bits per heavy atom. The molecule has 0 saturated heterocycles. The summed E-state index contributed by atoms with van der Waals surface area (Å²) in [5.41, 5.74) is 0.940.